The zero-order valence-electron chi connectivity index (χ0n) is 14.0. The van der Waals surface area contributed by atoms with Crippen molar-refractivity contribution in [3.05, 3.63) is 36.5 Å². The summed E-state index contributed by atoms with van der Waals surface area (Å²) in [6, 6.07) is 9.53. The van der Waals surface area contributed by atoms with E-state index >= 15 is 0 Å². The molecule has 0 unspecified atom stereocenters. The molecule has 1 atom stereocenters. The van der Waals surface area contributed by atoms with Gasteiger partial charge in [0.25, 0.3) is 0 Å². The Labute approximate surface area is 142 Å². The average Bonchev–Trinajstić information content (AvgIpc) is 3.29. The Morgan fingerprint density at radius 3 is 3.12 bits per heavy atom. The minimum absolute atomic E-state index is 0.0934. The predicted molar refractivity (Wildman–Crippen MR) is 93.9 cm³/mol. The van der Waals surface area contributed by atoms with Gasteiger partial charge in [0.1, 0.15) is 0 Å². The van der Waals surface area contributed by atoms with Crippen molar-refractivity contribution in [1.29, 1.82) is 0 Å². The third-order valence-corrected chi connectivity index (χ3v) is 4.32. The maximum Gasteiger partial charge on any atom is 0.321 e. The number of H-pyrrole nitrogens is 1. The summed E-state index contributed by atoms with van der Waals surface area (Å²) in [6.07, 6.45) is 6.38. The molecule has 0 spiro atoms. The average molecular weight is 328 g/mol. The van der Waals surface area contributed by atoms with Crippen LogP contribution >= 0.6 is 0 Å². The van der Waals surface area contributed by atoms with Crippen LogP contribution in [0.25, 0.3) is 11.3 Å². The first-order valence-corrected chi connectivity index (χ1v) is 8.46. The molecule has 1 aliphatic rings. The van der Waals surface area contributed by atoms with E-state index in [9.17, 15) is 4.79 Å². The number of rotatable bonds is 6. The molecule has 24 heavy (non-hydrogen) atoms. The Hall–Kier alpha value is -2.34. The largest absolute Gasteiger partial charge is 0.378 e. The molecule has 0 radical (unpaired) electrons. The molecule has 1 saturated heterocycles. The number of ether oxygens (including phenoxy) is 1. The lowest BCUT2D eigenvalue weighted by Crippen LogP contribution is -2.32. The third-order valence-electron chi connectivity index (χ3n) is 4.32. The molecule has 0 aliphatic carbocycles. The molecule has 0 saturated carbocycles. The number of anilines is 1. The number of carbonyl (C=O) groups is 1. The van der Waals surface area contributed by atoms with Crippen LogP contribution in [0.4, 0.5) is 10.5 Å². The van der Waals surface area contributed by atoms with E-state index in [1.54, 1.807) is 11.1 Å². The molecular formula is C18H24N4O2. The second-order valence-electron chi connectivity index (χ2n) is 6.18. The Morgan fingerprint density at radius 1 is 1.46 bits per heavy atom. The Kier molecular flexibility index (Phi) is 5.48. The summed E-state index contributed by atoms with van der Waals surface area (Å²) in [5, 5.41) is 9.82. The van der Waals surface area contributed by atoms with Crippen LogP contribution in [-0.2, 0) is 4.74 Å². The number of hydrogen-bond acceptors (Lipinski definition) is 3. The van der Waals surface area contributed by atoms with Crippen LogP contribution in [-0.4, -0.2) is 47.4 Å². The molecule has 2 amide bonds. The van der Waals surface area contributed by atoms with Gasteiger partial charge in [-0.05, 0) is 43.9 Å². The maximum atomic E-state index is 12.3. The summed E-state index contributed by atoms with van der Waals surface area (Å²) >= 11 is 0. The monoisotopic (exact) mass is 328 g/mol. The van der Waals surface area contributed by atoms with Crippen LogP contribution in [0.5, 0.6) is 0 Å². The standard InChI is InChI=1S/C18H24N4O2/c1-22(11-3-7-16-8-4-12-24-16)18(23)20-15-6-2-5-14(13-15)17-9-10-19-21-17/h2,5-6,9-10,13,16H,3-4,7-8,11-12H2,1H3,(H,19,21)(H,20,23)/t16-/m0/s1. The quantitative estimate of drug-likeness (QED) is 0.852. The summed E-state index contributed by atoms with van der Waals surface area (Å²) in [6.45, 7) is 1.61. The van der Waals surface area contributed by atoms with Gasteiger partial charge >= 0.3 is 6.03 Å². The van der Waals surface area contributed by atoms with Crippen molar-refractivity contribution in [2.45, 2.75) is 31.8 Å². The third kappa shape index (κ3) is 4.35. The fraction of sp³-hybridized carbons (Fsp3) is 0.444. The molecule has 6 heteroatoms. The maximum absolute atomic E-state index is 12.3. The van der Waals surface area contributed by atoms with Gasteiger partial charge in [-0.1, -0.05) is 12.1 Å². The number of hydrogen-bond donors (Lipinski definition) is 2. The van der Waals surface area contributed by atoms with Gasteiger partial charge in [0.15, 0.2) is 0 Å². The van der Waals surface area contributed by atoms with Gasteiger partial charge < -0.3 is 15.0 Å². The van der Waals surface area contributed by atoms with Crippen molar-refractivity contribution in [2.24, 2.45) is 0 Å². The van der Waals surface area contributed by atoms with Crippen molar-refractivity contribution in [3.8, 4) is 11.3 Å². The molecular weight excluding hydrogens is 304 g/mol. The van der Waals surface area contributed by atoms with E-state index in [1.165, 1.54) is 0 Å². The second-order valence-corrected chi connectivity index (χ2v) is 6.18. The zero-order valence-corrected chi connectivity index (χ0v) is 14.0. The summed E-state index contributed by atoms with van der Waals surface area (Å²) in [4.78, 5) is 14.0. The molecule has 2 heterocycles. The van der Waals surface area contributed by atoms with Gasteiger partial charge in [-0.15, -0.1) is 0 Å². The number of amides is 2. The van der Waals surface area contributed by atoms with Crippen molar-refractivity contribution in [2.75, 3.05) is 25.5 Å². The van der Waals surface area contributed by atoms with Crippen LogP contribution in [0, 0.1) is 0 Å². The van der Waals surface area contributed by atoms with Gasteiger partial charge in [-0.2, -0.15) is 5.10 Å². The van der Waals surface area contributed by atoms with Crippen LogP contribution in [0.15, 0.2) is 36.5 Å². The number of carbonyl (C=O) groups excluding carboxylic acids is 1. The first-order chi connectivity index (χ1) is 11.7. The number of nitrogens with zero attached hydrogens (tertiary/aromatic N) is 2. The first-order valence-electron chi connectivity index (χ1n) is 8.46. The molecule has 128 valence electrons. The van der Waals surface area contributed by atoms with Crippen LogP contribution in [0.1, 0.15) is 25.7 Å². The van der Waals surface area contributed by atoms with Gasteiger partial charge in [-0.3, -0.25) is 5.10 Å². The summed E-state index contributed by atoms with van der Waals surface area (Å²) in [7, 11) is 1.82. The molecule has 2 N–H and O–H groups in total. The summed E-state index contributed by atoms with van der Waals surface area (Å²) in [5.74, 6) is 0. The van der Waals surface area contributed by atoms with E-state index in [0.717, 1.165) is 55.8 Å². The summed E-state index contributed by atoms with van der Waals surface area (Å²) < 4.78 is 5.61. The lowest BCUT2D eigenvalue weighted by Gasteiger charge is -2.19. The molecule has 0 bridgehead atoms. The fourth-order valence-electron chi connectivity index (χ4n) is 2.93. The Morgan fingerprint density at radius 2 is 2.38 bits per heavy atom. The van der Waals surface area contributed by atoms with Gasteiger partial charge in [0, 0.05) is 37.6 Å². The number of aromatic amines is 1. The minimum atomic E-state index is -0.0934. The van der Waals surface area contributed by atoms with Crippen LogP contribution in [0.2, 0.25) is 0 Å². The van der Waals surface area contributed by atoms with Crippen molar-refractivity contribution >= 4 is 11.7 Å². The van der Waals surface area contributed by atoms with Crippen molar-refractivity contribution < 1.29 is 9.53 Å². The van der Waals surface area contributed by atoms with Crippen LogP contribution in [0.3, 0.4) is 0 Å². The summed E-state index contributed by atoms with van der Waals surface area (Å²) in [5.41, 5.74) is 2.69. The number of urea groups is 1. The highest BCUT2D eigenvalue weighted by Gasteiger charge is 2.16. The van der Waals surface area contributed by atoms with Gasteiger partial charge in [0.2, 0.25) is 0 Å². The molecule has 1 fully saturated rings. The smallest absolute Gasteiger partial charge is 0.321 e. The van der Waals surface area contributed by atoms with E-state index in [2.05, 4.69) is 15.5 Å². The highest BCUT2D eigenvalue weighted by atomic mass is 16.5. The SMILES string of the molecule is CN(CCC[C@H]1CCCO1)C(=O)Nc1cccc(-c2ccn[nH]2)c1. The first kappa shape index (κ1) is 16.5. The predicted octanol–water partition coefficient (Wildman–Crippen LogP) is 3.50. The second kappa shape index (κ2) is 7.97. The van der Waals surface area contributed by atoms with Crippen molar-refractivity contribution in [1.82, 2.24) is 15.1 Å². The van der Waals surface area contributed by atoms with E-state index in [-0.39, 0.29) is 6.03 Å². The molecule has 6 nitrogen and oxygen atoms in total. The molecule has 1 aromatic heterocycles. The Balaban J connectivity index is 1.49. The normalized spacial score (nSPS) is 17.0. The van der Waals surface area contributed by atoms with E-state index in [1.807, 2.05) is 37.4 Å². The zero-order chi connectivity index (χ0) is 16.8. The van der Waals surface area contributed by atoms with Crippen molar-refractivity contribution in [3.63, 3.8) is 0 Å². The van der Waals surface area contributed by atoms with E-state index in [0.29, 0.717) is 6.10 Å². The lowest BCUT2D eigenvalue weighted by molar-refractivity contribution is 0.101. The molecule has 1 aromatic carbocycles. The van der Waals surface area contributed by atoms with E-state index < -0.39 is 0 Å². The molecule has 2 aromatic rings. The number of nitrogens with one attached hydrogen (secondary N) is 2. The van der Waals surface area contributed by atoms with Crippen LogP contribution < -0.4 is 5.32 Å². The minimum Gasteiger partial charge on any atom is -0.378 e. The number of aromatic nitrogens is 2. The fourth-order valence-corrected chi connectivity index (χ4v) is 2.93. The molecule has 3 rings (SSSR count). The lowest BCUT2D eigenvalue weighted by atomic mass is 10.1. The van der Waals surface area contributed by atoms with Gasteiger partial charge in [0.05, 0.1) is 11.8 Å². The van der Waals surface area contributed by atoms with E-state index in [4.69, 9.17) is 4.74 Å². The topological polar surface area (TPSA) is 70.2 Å². The highest BCUT2D eigenvalue weighted by Crippen LogP contribution is 2.21. The number of benzene rings is 1. The highest BCUT2D eigenvalue weighted by molar-refractivity contribution is 5.89. The Bertz CT molecular complexity index is 651. The molecule has 1 aliphatic heterocycles. The van der Waals surface area contributed by atoms with Gasteiger partial charge in [-0.25, -0.2) is 4.79 Å².